The Morgan fingerprint density at radius 3 is 2.96 bits per heavy atom. The maximum absolute atomic E-state index is 6.31. The predicted molar refractivity (Wildman–Crippen MR) is 110 cm³/mol. The highest BCUT2D eigenvalue weighted by Crippen LogP contribution is 2.32. The molecule has 0 bridgehead atoms. The fourth-order valence-corrected chi connectivity index (χ4v) is 4.14. The molecule has 136 valence electrons. The van der Waals surface area contributed by atoms with E-state index >= 15 is 0 Å². The molecule has 0 atom stereocenters. The Hall–Kier alpha value is -2.27. The van der Waals surface area contributed by atoms with Crippen molar-refractivity contribution in [3.63, 3.8) is 0 Å². The third-order valence-corrected chi connectivity index (χ3v) is 5.81. The van der Waals surface area contributed by atoms with Crippen LogP contribution < -0.4 is 5.73 Å². The topological polar surface area (TPSA) is 64.2 Å². The van der Waals surface area contributed by atoms with Gasteiger partial charge in [0.25, 0.3) is 0 Å². The van der Waals surface area contributed by atoms with Crippen LogP contribution >= 0.6 is 11.3 Å². The average molecular weight is 367 g/mol. The Balaban J connectivity index is 1.95. The Morgan fingerprint density at radius 2 is 2.23 bits per heavy atom. The van der Waals surface area contributed by atoms with E-state index in [0.29, 0.717) is 0 Å². The van der Waals surface area contributed by atoms with Crippen LogP contribution in [0, 0.1) is 6.92 Å². The van der Waals surface area contributed by atoms with Gasteiger partial charge >= 0.3 is 0 Å². The summed E-state index contributed by atoms with van der Waals surface area (Å²) in [5, 5.41) is 0.979. The normalized spacial score (nSPS) is 17.2. The number of hydrogen-bond acceptors (Lipinski definition) is 5. The molecule has 2 N–H and O–H groups in total. The lowest BCUT2D eigenvalue weighted by Crippen LogP contribution is -2.10. The van der Waals surface area contributed by atoms with Crippen LogP contribution in [0.25, 0.3) is 10.6 Å². The van der Waals surface area contributed by atoms with Crippen molar-refractivity contribution in [1.29, 1.82) is 0 Å². The van der Waals surface area contributed by atoms with Gasteiger partial charge in [0, 0.05) is 23.7 Å². The monoisotopic (exact) mass is 366 g/mol. The zero-order chi connectivity index (χ0) is 18.5. The SMILES string of the molecule is CCC/C=C1\CCCC(N)=C1N=C(C)c1sc(-c2cccnc2)nc1C. The molecule has 1 aliphatic carbocycles. The summed E-state index contributed by atoms with van der Waals surface area (Å²) in [6.45, 7) is 6.29. The van der Waals surface area contributed by atoms with Crippen LogP contribution in [-0.2, 0) is 0 Å². The van der Waals surface area contributed by atoms with Gasteiger partial charge in [0.05, 0.1) is 22.0 Å². The summed E-state index contributed by atoms with van der Waals surface area (Å²) >= 11 is 1.66. The van der Waals surface area contributed by atoms with Crippen LogP contribution in [0.4, 0.5) is 0 Å². The lowest BCUT2D eigenvalue weighted by molar-refractivity contribution is 0.744. The van der Waals surface area contributed by atoms with Crippen molar-refractivity contribution in [3.05, 3.63) is 58.1 Å². The van der Waals surface area contributed by atoms with Crippen molar-refractivity contribution in [3.8, 4) is 10.6 Å². The zero-order valence-electron chi connectivity index (χ0n) is 15.7. The van der Waals surface area contributed by atoms with Crippen LogP contribution in [0.1, 0.15) is 56.5 Å². The summed E-state index contributed by atoms with van der Waals surface area (Å²) in [5.41, 5.74) is 12.5. The number of hydrogen-bond donors (Lipinski definition) is 1. The molecular weight excluding hydrogens is 340 g/mol. The second-order valence-electron chi connectivity index (χ2n) is 6.62. The van der Waals surface area contributed by atoms with Crippen molar-refractivity contribution in [2.75, 3.05) is 0 Å². The molecule has 4 nitrogen and oxygen atoms in total. The Morgan fingerprint density at radius 1 is 1.38 bits per heavy atom. The minimum atomic E-state index is 0.910. The van der Waals surface area contributed by atoms with Crippen LogP contribution in [0.15, 0.2) is 52.6 Å². The lowest BCUT2D eigenvalue weighted by atomic mass is 9.95. The van der Waals surface area contributed by atoms with Gasteiger partial charge in [-0.1, -0.05) is 19.4 Å². The van der Waals surface area contributed by atoms with Gasteiger partial charge < -0.3 is 5.73 Å². The van der Waals surface area contributed by atoms with E-state index in [-0.39, 0.29) is 0 Å². The fourth-order valence-electron chi connectivity index (χ4n) is 3.14. The van der Waals surface area contributed by atoms with Crippen molar-refractivity contribution in [2.24, 2.45) is 10.7 Å². The Labute approximate surface area is 159 Å². The molecule has 0 spiro atoms. The molecule has 0 saturated carbocycles. The smallest absolute Gasteiger partial charge is 0.125 e. The molecule has 2 aromatic rings. The number of pyridine rings is 1. The Bertz CT molecular complexity index is 859. The van der Waals surface area contributed by atoms with Gasteiger partial charge in [-0.15, -0.1) is 11.3 Å². The number of rotatable bonds is 5. The third-order valence-electron chi connectivity index (χ3n) is 4.49. The number of allylic oxidation sites excluding steroid dienone is 3. The number of nitrogens with zero attached hydrogens (tertiary/aromatic N) is 3. The van der Waals surface area contributed by atoms with Crippen molar-refractivity contribution in [2.45, 2.75) is 52.9 Å². The van der Waals surface area contributed by atoms with Crippen molar-refractivity contribution < 1.29 is 0 Å². The second-order valence-corrected chi connectivity index (χ2v) is 7.62. The average Bonchev–Trinajstić information content (AvgIpc) is 3.05. The number of unbranched alkanes of at least 4 members (excludes halogenated alkanes) is 1. The van der Waals surface area contributed by atoms with E-state index in [0.717, 1.165) is 70.4 Å². The molecular formula is C21H26N4S. The number of aromatic nitrogens is 2. The van der Waals surface area contributed by atoms with E-state index in [1.807, 2.05) is 25.3 Å². The minimum Gasteiger partial charge on any atom is -0.400 e. The number of aliphatic imine (C=N–C) groups is 1. The second kappa shape index (κ2) is 8.41. The maximum atomic E-state index is 6.31. The van der Waals surface area contributed by atoms with Gasteiger partial charge in [-0.3, -0.25) is 9.98 Å². The van der Waals surface area contributed by atoms with Gasteiger partial charge in [-0.25, -0.2) is 4.98 Å². The Kier molecular flexibility index (Phi) is 5.99. The molecule has 3 rings (SSSR count). The van der Waals surface area contributed by atoms with Crippen LogP contribution in [0.3, 0.4) is 0 Å². The van der Waals surface area contributed by atoms with Crippen LogP contribution in [-0.4, -0.2) is 15.7 Å². The van der Waals surface area contributed by atoms with Crippen LogP contribution in [0.2, 0.25) is 0 Å². The predicted octanol–water partition coefficient (Wildman–Crippen LogP) is 5.40. The number of thiazole rings is 1. The quantitative estimate of drug-likeness (QED) is 0.720. The van der Waals surface area contributed by atoms with E-state index in [2.05, 4.69) is 24.9 Å². The molecule has 1 aliphatic rings. The molecule has 0 amide bonds. The summed E-state index contributed by atoms with van der Waals surface area (Å²) in [7, 11) is 0. The summed E-state index contributed by atoms with van der Waals surface area (Å²) in [6.07, 6.45) is 11.3. The molecule has 2 aromatic heterocycles. The molecule has 2 heterocycles. The van der Waals surface area contributed by atoms with Crippen molar-refractivity contribution >= 4 is 17.0 Å². The van der Waals surface area contributed by atoms with Gasteiger partial charge in [-0.05, 0) is 57.2 Å². The zero-order valence-corrected chi connectivity index (χ0v) is 16.6. The number of aryl methyl sites for hydroxylation is 1. The maximum Gasteiger partial charge on any atom is 0.125 e. The van der Waals surface area contributed by atoms with E-state index in [1.165, 1.54) is 5.57 Å². The molecule has 0 unspecified atom stereocenters. The highest BCUT2D eigenvalue weighted by molar-refractivity contribution is 7.17. The summed E-state index contributed by atoms with van der Waals surface area (Å²) in [6, 6.07) is 3.97. The highest BCUT2D eigenvalue weighted by atomic mass is 32.1. The summed E-state index contributed by atoms with van der Waals surface area (Å²) in [5.74, 6) is 0. The van der Waals surface area contributed by atoms with Crippen LogP contribution in [0.5, 0.6) is 0 Å². The first-order chi connectivity index (χ1) is 12.6. The lowest BCUT2D eigenvalue weighted by Gasteiger charge is -2.18. The van der Waals surface area contributed by atoms with Crippen molar-refractivity contribution in [1.82, 2.24) is 9.97 Å². The number of nitrogens with two attached hydrogens (primary N) is 1. The largest absolute Gasteiger partial charge is 0.400 e. The minimum absolute atomic E-state index is 0.910. The molecule has 0 aliphatic heterocycles. The summed E-state index contributed by atoms with van der Waals surface area (Å²) < 4.78 is 0. The molecule has 26 heavy (non-hydrogen) atoms. The molecule has 0 fully saturated rings. The summed E-state index contributed by atoms with van der Waals surface area (Å²) in [4.78, 5) is 15.0. The van der Waals surface area contributed by atoms with E-state index in [4.69, 9.17) is 15.7 Å². The third kappa shape index (κ3) is 4.10. The molecule has 0 saturated heterocycles. The standard InChI is InChI=1S/C21H26N4S/c1-4-5-8-16-9-6-11-18(22)19(16)24-14(2)20-15(3)25-21(26-20)17-10-7-12-23-13-17/h7-8,10,12-13H,4-6,9,11,22H2,1-3H3/b16-8+,24-14?. The fraction of sp³-hybridized carbons (Fsp3) is 0.381. The molecule has 0 aromatic carbocycles. The highest BCUT2D eigenvalue weighted by Gasteiger charge is 2.17. The van der Waals surface area contributed by atoms with Gasteiger partial charge in [0.15, 0.2) is 0 Å². The van der Waals surface area contributed by atoms with Gasteiger partial charge in [0.1, 0.15) is 5.01 Å². The van der Waals surface area contributed by atoms with Gasteiger partial charge in [-0.2, -0.15) is 0 Å². The molecule has 0 radical (unpaired) electrons. The van der Waals surface area contributed by atoms with E-state index in [1.54, 1.807) is 17.5 Å². The van der Waals surface area contributed by atoms with Gasteiger partial charge in [0.2, 0.25) is 0 Å². The van der Waals surface area contributed by atoms with E-state index < -0.39 is 0 Å². The first kappa shape index (κ1) is 18.5. The first-order valence-electron chi connectivity index (χ1n) is 9.21. The first-order valence-corrected chi connectivity index (χ1v) is 10.0. The molecule has 5 heteroatoms. The van der Waals surface area contributed by atoms with E-state index in [9.17, 15) is 0 Å².